The second kappa shape index (κ2) is 3.35. The van der Waals surface area contributed by atoms with Crippen LogP contribution in [0.25, 0.3) is 10.8 Å². The molecule has 0 aromatic heterocycles. The minimum Gasteiger partial charge on any atom is -0.507 e. The lowest BCUT2D eigenvalue weighted by Crippen LogP contribution is -1.92. The SMILES string of the molecule is O=[N+]([O-])c1cccc2c(O)cc3c(c12)CCN3. The average molecular weight is 230 g/mol. The molecule has 17 heavy (non-hydrogen) atoms. The first-order valence-electron chi connectivity index (χ1n) is 5.34. The molecule has 0 spiro atoms. The Bertz CT molecular complexity index is 637. The Balaban J connectivity index is 2.49. The first-order chi connectivity index (χ1) is 8.18. The molecule has 1 aliphatic heterocycles. The lowest BCUT2D eigenvalue weighted by Gasteiger charge is -2.07. The zero-order chi connectivity index (χ0) is 12.0. The number of hydrogen-bond donors (Lipinski definition) is 2. The van der Waals surface area contributed by atoms with Crippen molar-refractivity contribution >= 4 is 22.1 Å². The predicted octanol–water partition coefficient (Wildman–Crippen LogP) is 2.42. The molecular formula is C12H10N2O3. The van der Waals surface area contributed by atoms with Crippen molar-refractivity contribution in [1.82, 2.24) is 0 Å². The van der Waals surface area contributed by atoms with Gasteiger partial charge in [0.25, 0.3) is 5.69 Å². The monoisotopic (exact) mass is 230 g/mol. The highest BCUT2D eigenvalue weighted by molar-refractivity contribution is 6.01. The highest BCUT2D eigenvalue weighted by Crippen LogP contribution is 2.40. The van der Waals surface area contributed by atoms with Crippen LogP contribution >= 0.6 is 0 Å². The smallest absolute Gasteiger partial charge is 0.277 e. The van der Waals surface area contributed by atoms with E-state index in [1.807, 2.05) is 0 Å². The van der Waals surface area contributed by atoms with Crippen molar-refractivity contribution in [2.75, 3.05) is 11.9 Å². The minimum absolute atomic E-state index is 0.0540. The molecule has 1 aliphatic rings. The van der Waals surface area contributed by atoms with E-state index in [-0.39, 0.29) is 11.4 Å². The van der Waals surface area contributed by atoms with Crippen LogP contribution in [-0.4, -0.2) is 16.6 Å². The Morgan fingerprint density at radius 1 is 1.41 bits per heavy atom. The molecule has 1 heterocycles. The molecule has 0 radical (unpaired) electrons. The van der Waals surface area contributed by atoms with Crippen LogP contribution in [0.1, 0.15) is 5.56 Å². The molecule has 0 fully saturated rings. The van der Waals surface area contributed by atoms with E-state index in [1.165, 1.54) is 6.07 Å². The Kier molecular flexibility index (Phi) is 1.95. The quantitative estimate of drug-likeness (QED) is 0.582. The van der Waals surface area contributed by atoms with Gasteiger partial charge in [0.15, 0.2) is 0 Å². The standard InChI is InChI=1S/C12H10N2O3/c15-11-6-9-7(4-5-13-9)12-8(11)2-1-3-10(12)14(16)17/h1-3,6,13,15H,4-5H2. The van der Waals surface area contributed by atoms with Gasteiger partial charge in [0.05, 0.1) is 10.3 Å². The molecule has 0 atom stereocenters. The van der Waals surface area contributed by atoms with Gasteiger partial charge in [-0.1, -0.05) is 12.1 Å². The fourth-order valence-corrected chi connectivity index (χ4v) is 2.40. The van der Waals surface area contributed by atoms with Crippen LogP contribution in [0.2, 0.25) is 0 Å². The summed E-state index contributed by atoms with van der Waals surface area (Å²) in [5, 5.41) is 25.1. The normalized spacial score (nSPS) is 13.4. The molecular weight excluding hydrogens is 220 g/mol. The maximum atomic E-state index is 11.0. The molecule has 5 nitrogen and oxygen atoms in total. The fourth-order valence-electron chi connectivity index (χ4n) is 2.40. The van der Waals surface area contributed by atoms with Crippen molar-refractivity contribution < 1.29 is 10.0 Å². The largest absolute Gasteiger partial charge is 0.507 e. The van der Waals surface area contributed by atoms with Crippen molar-refractivity contribution in [2.45, 2.75) is 6.42 Å². The summed E-state index contributed by atoms with van der Waals surface area (Å²) in [5.41, 5.74) is 1.77. The maximum Gasteiger partial charge on any atom is 0.277 e. The number of hydrogen-bond acceptors (Lipinski definition) is 4. The number of benzene rings is 2. The number of aromatic hydroxyl groups is 1. The molecule has 0 bridgehead atoms. The van der Waals surface area contributed by atoms with E-state index >= 15 is 0 Å². The van der Waals surface area contributed by atoms with Crippen LogP contribution in [0.4, 0.5) is 11.4 Å². The van der Waals surface area contributed by atoms with Gasteiger partial charge in [0.1, 0.15) is 5.75 Å². The number of nitrogens with zero attached hydrogens (tertiary/aromatic N) is 1. The summed E-state index contributed by atoms with van der Waals surface area (Å²) in [6.07, 6.45) is 0.747. The lowest BCUT2D eigenvalue weighted by molar-refractivity contribution is -0.383. The molecule has 3 rings (SSSR count). The third kappa shape index (κ3) is 1.32. The Morgan fingerprint density at radius 2 is 2.24 bits per heavy atom. The number of anilines is 1. The molecule has 2 aromatic carbocycles. The van der Waals surface area contributed by atoms with Crippen LogP contribution in [-0.2, 0) is 6.42 Å². The number of phenolic OH excluding ortho intramolecular Hbond substituents is 1. The van der Waals surface area contributed by atoms with Gasteiger partial charge >= 0.3 is 0 Å². The molecule has 0 unspecified atom stereocenters. The van der Waals surface area contributed by atoms with Crippen molar-refractivity contribution in [2.24, 2.45) is 0 Å². The number of phenols is 1. The van der Waals surface area contributed by atoms with E-state index in [0.29, 0.717) is 10.8 Å². The van der Waals surface area contributed by atoms with E-state index in [1.54, 1.807) is 18.2 Å². The zero-order valence-electron chi connectivity index (χ0n) is 8.93. The van der Waals surface area contributed by atoms with Crippen LogP contribution in [0.3, 0.4) is 0 Å². The summed E-state index contributed by atoms with van der Waals surface area (Å²) < 4.78 is 0. The van der Waals surface area contributed by atoms with Crippen LogP contribution in [0, 0.1) is 10.1 Å². The summed E-state index contributed by atoms with van der Waals surface area (Å²) >= 11 is 0. The lowest BCUT2D eigenvalue weighted by atomic mass is 10.00. The summed E-state index contributed by atoms with van der Waals surface area (Å²) in [7, 11) is 0. The maximum absolute atomic E-state index is 11.0. The zero-order valence-corrected chi connectivity index (χ0v) is 8.93. The van der Waals surface area contributed by atoms with Crippen LogP contribution in [0.5, 0.6) is 5.75 Å². The van der Waals surface area contributed by atoms with E-state index in [2.05, 4.69) is 5.32 Å². The second-order valence-corrected chi connectivity index (χ2v) is 4.06. The van der Waals surface area contributed by atoms with Gasteiger partial charge in [0, 0.05) is 29.8 Å². The summed E-state index contributed by atoms with van der Waals surface area (Å²) in [6.45, 7) is 0.750. The fraction of sp³-hybridized carbons (Fsp3) is 0.167. The average Bonchev–Trinajstić information content (AvgIpc) is 2.76. The van der Waals surface area contributed by atoms with E-state index in [9.17, 15) is 15.2 Å². The molecule has 2 aromatic rings. The van der Waals surface area contributed by atoms with Crippen molar-refractivity contribution in [1.29, 1.82) is 0 Å². The van der Waals surface area contributed by atoms with Gasteiger partial charge in [-0.15, -0.1) is 0 Å². The first-order valence-corrected chi connectivity index (χ1v) is 5.34. The number of fused-ring (bicyclic) bond motifs is 3. The van der Waals surface area contributed by atoms with Gasteiger partial charge in [-0.2, -0.15) is 0 Å². The number of nitro benzene ring substituents is 1. The predicted molar refractivity (Wildman–Crippen MR) is 64.5 cm³/mol. The van der Waals surface area contributed by atoms with E-state index in [4.69, 9.17) is 0 Å². The van der Waals surface area contributed by atoms with Crippen LogP contribution in [0.15, 0.2) is 24.3 Å². The number of nitro groups is 1. The Labute approximate surface area is 96.8 Å². The molecule has 0 saturated heterocycles. The molecule has 0 aliphatic carbocycles. The van der Waals surface area contributed by atoms with Crippen molar-refractivity contribution in [3.8, 4) is 5.75 Å². The second-order valence-electron chi connectivity index (χ2n) is 4.06. The van der Waals surface area contributed by atoms with Crippen LogP contribution < -0.4 is 5.32 Å². The third-order valence-electron chi connectivity index (χ3n) is 3.11. The van der Waals surface area contributed by atoms with Gasteiger partial charge in [-0.05, 0) is 12.0 Å². The summed E-state index contributed by atoms with van der Waals surface area (Å²) in [5.74, 6) is 0.0804. The summed E-state index contributed by atoms with van der Waals surface area (Å²) in [4.78, 5) is 10.6. The molecule has 5 heteroatoms. The van der Waals surface area contributed by atoms with Gasteiger partial charge < -0.3 is 10.4 Å². The Hall–Kier alpha value is -2.30. The topological polar surface area (TPSA) is 75.4 Å². The van der Waals surface area contributed by atoms with E-state index < -0.39 is 4.92 Å². The third-order valence-corrected chi connectivity index (χ3v) is 3.11. The van der Waals surface area contributed by atoms with Gasteiger partial charge in [0.2, 0.25) is 0 Å². The highest BCUT2D eigenvalue weighted by Gasteiger charge is 2.22. The molecule has 86 valence electrons. The van der Waals surface area contributed by atoms with E-state index in [0.717, 1.165) is 24.2 Å². The number of rotatable bonds is 1. The minimum atomic E-state index is -0.402. The van der Waals surface area contributed by atoms with Gasteiger partial charge in [-0.3, -0.25) is 10.1 Å². The van der Waals surface area contributed by atoms with Crippen molar-refractivity contribution in [3.63, 3.8) is 0 Å². The summed E-state index contributed by atoms with van der Waals surface area (Å²) in [6, 6.07) is 6.40. The highest BCUT2D eigenvalue weighted by atomic mass is 16.6. The van der Waals surface area contributed by atoms with Crippen molar-refractivity contribution in [3.05, 3.63) is 39.9 Å². The number of non-ortho nitro benzene ring substituents is 1. The van der Waals surface area contributed by atoms with Gasteiger partial charge in [-0.25, -0.2) is 0 Å². The molecule has 2 N–H and O–H groups in total. The first kappa shape index (κ1) is 9.89. The molecule has 0 amide bonds. The Morgan fingerprint density at radius 3 is 3.00 bits per heavy atom. The molecule has 0 saturated carbocycles. The number of nitrogens with one attached hydrogen (secondary N) is 1.